The average Bonchev–Trinajstić information content (AvgIpc) is 3.07. The van der Waals surface area contributed by atoms with Crippen LogP contribution in [0.2, 0.25) is 5.02 Å². The van der Waals surface area contributed by atoms with Crippen molar-refractivity contribution < 1.29 is 14.6 Å². The number of fused-ring (bicyclic) bond motifs is 2. The van der Waals surface area contributed by atoms with Crippen LogP contribution in [0.5, 0.6) is 11.5 Å². The molecule has 3 nitrogen and oxygen atoms in total. The van der Waals surface area contributed by atoms with E-state index >= 15 is 0 Å². The van der Waals surface area contributed by atoms with E-state index in [1.165, 1.54) is 20.5 Å². The minimum Gasteiger partial charge on any atom is -0.487 e. The summed E-state index contributed by atoms with van der Waals surface area (Å²) in [5.74, 6) is 1.30. The minimum atomic E-state index is -0.559. The topological polar surface area (TPSA) is 38.7 Å². The summed E-state index contributed by atoms with van der Waals surface area (Å²) < 4.78 is 12.0. The molecule has 1 aliphatic heterocycles. The Bertz CT molecular complexity index is 1110. The van der Waals surface area contributed by atoms with Crippen LogP contribution >= 0.6 is 35.6 Å². The summed E-state index contributed by atoms with van der Waals surface area (Å²) in [7, 11) is 0. The molecular formula is C24H21ClO3S2. The first-order chi connectivity index (χ1) is 14.6. The van der Waals surface area contributed by atoms with E-state index in [2.05, 4.69) is 49.0 Å². The Kier molecular flexibility index (Phi) is 6.85. The van der Waals surface area contributed by atoms with Crippen molar-refractivity contribution >= 4 is 45.7 Å². The van der Waals surface area contributed by atoms with Crippen LogP contribution < -0.4 is 9.47 Å². The number of rotatable bonds is 2. The van der Waals surface area contributed by atoms with Crippen LogP contribution in [-0.2, 0) is 6.42 Å². The second-order valence-corrected chi connectivity index (χ2v) is 9.02. The third-order valence-corrected chi connectivity index (χ3v) is 6.35. The average molecular weight is 457 g/mol. The zero-order valence-corrected chi connectivity index (χ0v) is 18.6. The van der Waals surface area contributed by atoms with Gasteiger partial charge in [-0.25, -0.2) is 0 Å². The van der Waals surface area contributed by atoms with Crippen molar-refractivity contribution in [2.45, 2.75) is 17.4 Å². The maximum Gasteiger partial charge on any atom is 0.162 e. The summed E-state index contributed by atoms with van der Waals surface area (Å²) in [5.41, 5.74) is 1.20. The summed E-state index contributed by atoms with van der Waals surface area (Å²) >= 11 is 12.2. The van der Waals surface area contributed by atoms with Gasteiger partial charge in [-0.05, 0) is 47.3 Å². The van der Waals surface area contributed by atoms with E-state index < -0.39 is 6.10 Å². The number of aliphatic hydroxyl groups is 1. The highest BCUT2D eigenvalue weighted by Gasteiger charge is 2.15. The molecule has 2 heterocycles. The fourth-order valence-corrected chi connectivity index (χ4v) is 4.58. The SMILES string of the molecule is Clc1ccccc1Cc1cc2ccccc2s1.O[C@H]1COc2ccc(S)cc2OC1. The minimum absolute atomic E-state index is 0.268. The number of hydrogen-bond acceptors (Lipinski definition) is 5. The molecule has 6 heteroatoms. The summed E-state index contributed by atoms with van der Waals surface area (Å²) in [6, 6.07) is 24.2. The Morgan fingerprint density at radius 1 is 0.933 bits per heavy atom. The molecule has 0 fully saturated rings. The van der Waals surface area contributed by atoms with Gasteiger partial charge in [-0.1, -0.05) is 48.0 Å². The van der Waals surface area contributed by atoms with Gasteiger partial charge in [0.15, 0.2) is 11.5 Å². The van der Waals surface area contributed by atoms with Crippen molar-refractivity contribution in [2.75, 3.05) is 13.2 Å². The normalized spacial score (nSPS) is 15.2. The van der Waals surface area contributed by atoms with Crippen molar-refractivity contribution in [2.24, 2.45) is 0 Å². The summed E-state index contributed by atoms with van der Waals surface area (Å²) in [5, 5.41) is 11.4. The van der Waals surface area contributed by atoms with Gasteiger partial charge in [0.25, 0.3) is 0 Å². The molecule has 0 saturated heterocycles. The van der Waals surface area contributed by atoms with Gasteiger partial charge in [-0.2, -0.15) is 0 Å². The molecule has 0 saturated carbocycles. The van der Waals surface area contributed by atoms with E-state index in [0.717, 1.165) is 16.3 Å². The van der Waals surface area contributed by atoms with Crippen LogP contribution in [0.4, 0.5) is 0 Å². The van der Waals surface area contributed by atoms with Crippen molar-refractivity contribution in [3.05, 3.63) is 88.3 Å². The van der Waals surface area contributed by atoms with Crippen molar-refractivity contribution in [1.29, 1.82) is 0 Å². The molecule has 0 unspecified atom stereocenters. The van der Waals surface area contributed by atoms with Crippen LogP contribution in [0.1, 0.15) is 10.4 Å². The smallest absolute Gasteiger partial charge is 0.162 e. The molecule has 3 aromatic carbocycles. The molecule has 1 N–H and O–H groups in total. The first-order valence-corrected chi connectivity index (χ1v) is 11.2. The molecule has 0 radical (unpaired) electrons. The van der Waals surface area contributed by atoms with E-state index in [4.69, 9.17) is 21.1 Å². The number of hydrogen-bond donors (Lipinski definition) is 2. The van der Waals surface area contributed by atoms with Crippen LogP contribution in [0.15, 0.2) is 77.7 Å². The first-order valence-electron chi connectivity index (χ1n) is 9.56. The number of aliphatic hydroxyl groups excluding tert-OH is 1. The lowest BCUT2D eigenvalue weighted by atomic mass is 10.1. The van der Waals surface area contributed by atoms with E-state index in [9.17, 15) is 5.11 Å². The summed E-state index contributed by atoms with van der Waals surface area (Å²) in [6.45, 7) is 0.545. The maximum atomic E-state index is 9.26. The Morgan fingerprint density at radius 2 is 1.67 bits per heavy atom. The lowest BCUT2D eigenvalue weighted by Gasteiger charge is -2.06. The fourth-order valence-electron chi connectivity index (χ4n) is 3.10. The molecule has 1 atom stereocenters. The number of halogens is 1. The molecule has 30 heavy (non-hydrogen) atoms. The molecule has 1 aromatic heterocycles. The standard InChI is InChI=1S/C15H11ClS.C9H10O3S/c16-14-7-3-1-5-11(14)9-13-10-12-6-2-4-8-15(12)17-13;10-6-4-11-8-2-1-7(13)3-9(8)12-5-6/h1-8,10H,9H2;1-3,6,10,13H,4-5H2/t;6-/m.0/s1. The highest BCUT2D eigenvalue weighted by molar-refractivity contribution is 7.80. The Labute approximate surface area is 190 Å². The van der Waals surface area contributed by atoms with Gasteiger partial charge in [0.1, 0.15) is 19.3 Å². The Hall–Kier alpha value is -2.18. The van der Waals surface area contributed by atoms with Crippen LogP contribution in [0.25, 0.3) is 10.1 Å². The first kappa shape index (κ1) is 21.1. The van der Waals surface area contributed by atoms with Crippen molar-refractivity contribution in [1.82, 2.24) is 0 Å². The van der Waals surface area contributed by atoms with Gasteiger partial charge in [0.2, 0.25) is 0 Å². The molecule has 0 bridgehead atoms. The van der Waals surface area contributed by atoms with Crippen LogP contribution in [-0.4, -0.2) is 24.4 Å². The van der Waals surface area contributed by atoms with Gasteiger partial charge >= 0.3 is 0 Å². The number of benzene rings is 3. The molecule has 0 spiro atoms. The summed E-state index contributed by atoms with van der Waals surface area (Å²) in [6.07, 6.45) is 0.356. The predicted molar refractivity (Wildman–Crippen MR) is 127 cm³/mol. The molecule has 4 aromatic rings. The Balaban J connectivity index is 0.000000151. The van der Waals surface area contributed by atoms with E-state index in [-0.39, 0.29) is 13.2 Å². The summed E-state index contributed by atoms with van der Waals surface area (Å²) in [4.78, 5) is 2.18. The maximum absolute atomic E-state index is 9.26. The van der Waals surface area contributed by atoms with Crippen molar-refractivity contribution in [3.8, 4) is 11.5 Å². The predicted octanol–water partition coefficient (Wildman–Crippen LogP) is 6.25. The van der Waals surface area contributed by atoms with Gasteiger partial charge in [-0.3, -0.25) is 0 Å². The van der Waals surface area contributed by atoms with Gasteiger partial charge in [0, 0.05) is 25.9 Å². The third-order valence-electron chi connectivity index (χ3n) is 4.59. The molecule has 0 amide bonds. The number of ether oxygens (including phenoxy) is 2. The monoisotopic (exact) mass is 456 g/mol. The number of thiol groups is 1. The third kappa shape index (κ3) is 5.29. The van der Waals surface area contributed by atoms with Crippen LogP contribution in [0, 0.1) is 0 Å². The largest absolute Gasteiger partial charge is 0.487 e. The van der Waals surface area contributed by atoms with Gasteiger partial charge in [0.05, 0.1) is 0 Å². The quantitative estimate of drug-likeness (QED) is 0.350. The molecule has 154 valence electrons. The van der Waals surface area contributed by atoms with E-state index in [1.807, 2.05) is 35.6 Å². The van der Waals surface area contributed by atoms with Gasteiger partial charge < -0.3 is 14.6 Å². The second kappa shape index (κ2) is 9.75. The van der Waals surface area contributed by atoms with Crippen molar-refractivity contribution in [3.63, 3.8) is 0 Å². The second-order valence-electron chi connectivity index (χ2n) is 6.93. The molecule has 5 rings (SSSR count). The lowest BCUT2D eigenvalue weighted by Crippen LogP contribution is -2.21. The number of thiophene rings is 1. The fraction of sp³-hybridized carbons (Fsp3) is 0.167. The van der Waals surface area contributed by atoms with Gasteiger partial charge in [-0.15, -0.1) is 24.0 Å². The highest BCUT2D eigenvalue weighted by atomic mass is 35.5. The highest BCUT2D eigenvalue weighted by Crippen LogP contribution is 2.31. The van der Waals surface area contributed by atoms with E-state index in [1.54, 1.807) is 12.1 Å². The van der Waals surface area contributed by atoms with E-state index in [0.29, 0.717) is 11.5 Å². The zero-order valence-electron chi connectivity index (χ0n) is 16.1. The zero-order chi connectivity index (χ0) is 20.9. The lowest BCUT2D eigenvalue weighted by molar-refractivity contribution is 0.0801. The van der Waals surface area contributed by atoms with Crippen LogP contribution in [0.3, 0.4) is 0 Å². The molecule has 1 aliphatic rings. The molecule has 0 aliphatic carbocycles. The molecular weight excluding hydrogens is 436 g/mol. The Morgan fingerprint density at radius 3 is 2.47 bits per heavy atom.